The number of aliphatic hydroxyl groups excluding tert-OH is 6. The summed E-state index contributed by atoms with van der Waals surface area (Å²) in [6, 6.07) is 0. The molecule has 0 aromatic rings. The molecule has 0 aromatic heterocycles. The van der Waals surface area contributed by atoms with Gasteiger partial charge in [-0.2, -0.15) is 0 Å². The third-order valence-electron chi connectivity index (χ3n) is 15.6. The Morgan fingerprint density at radius 1 is 0.804 bits per heavy atom. The number of hydrogen-bond donors (Lipinski definition) is 6. The van der Waals surface area contributed by atoms with E-state index in [1.165, 1.54) is 0 Å². The van der Waals surface area contributed by atoms with Gasteiger partial charge in [0.2, 0.25) is 0 Å². The predicted molar refractivity (Wildman–Crippen MR) is 177 cm³/mol. The first kappa shape index (κ1) is 37.1. The SMILES string of the molecule is C[C@@H]1CC[C@@]2(OC1)O[C@@H]1C[C@H]3[C@H]4CC(=O)[C@H]5C[C@@H](O[C@H]6O[C@@H](CO[C@H]7OC[C@H](O)[C@@H](O)[C@@H]7O)[C@H](O)[C@@H](O)[C@@H]6O)CC[C@]5(C)[C@@H]4CC[C@@]3(C)[C@@H]1[C@@H]2C. The van der Waals surface area contributed by atoms with Gasteiger partial charge in [-0.05, 0) is 85.4 Å². The molecule has 290 valence electrons. The van der Waals surface area contributed by atoms with Crippen molar-refractivity contribution in [3.8, 4) is 0 Å². The second kappa shape index (κ2) is 13.4. The normalized spacial score (nSPS) is 58.5. The quantitative estimate of drug-likeness (QED) is 0.222. The standard InChI is InChI=1S/C38H60O13/c1-17-5-10-38(48-14-17)18(2)28-26(51-38)13-22-20-12-24(39)23-11-19(6-8-36(23,3)21(20)7-9-37(22,28)4)49-35-33(45)31(43)30(42)27(50-35)16-47-34-32(44)29(41)25(40)15-46-34/h17-23,25-35,40-45H,5-16H2,1-4H3/t17-,18+,19+,20+,21-,22+,23-,25+,26-,27+,28-,29-,30+,31-,32+,33+,34-,35+,36-,37-,38-/m1/s1. The summed E-state index contributed by atoms with van der Waals surface area (Å²) in [6.45, 7) is 9.54. The van der Waals surface area contributed by atoms with Crippen LogP contribution in [0.5, 0.6) is 0 Å². The molecule has 8 fully saturated rings. The van der Waals surface area contributed by atoms with E-state index in [9.17, 15) is 35.4 Å². The average Bonchev–Trinajstić information content (AvgIpc) is 3.55. The first-order chi connectivity index (χ1) is 24.2. The molecular formula is C38H60O13. The van der Waals surface area contributed by atoms with Crippen molar-refractivity contribution in [3.63, 3.8) is 0 Å². The molecule has 4 aliphatic carbocycles. The van der Waals surface area contributed by atoms with E-state index in [0.29, 0.717) is 54.8 Å². The molecule has 13 nitrogen and oxygen atoms in total. The maximum Gasteiger partial charge on any atom is 0.186 e. The number of carbonyl (C=O) groups is 1. The number of carbonyl (C=O) groups excluding carboxylic acids is 1. The van der Waals surface area contributed by atoms with E-state index in [-0.39, 0.29) is 41.8 Å². The number of Topliss-reactive ketones (excluding diaryl/α,β-unsaturated/α-hetero) is 1. The summed E-state index contributed by atoms with van der Waals surface area (Å²) >= 11 is 0. The Morgan fingerprint density at radius 2 is 1.55 bits per heavy atom. The first-order valence-electron chi connectivity index (χ1n) is 19.6. The third-order valence-corrected chi connectivity index (χ3v) is 15.6. The second-order valence-corrected chi connectivity index (χ2v) is 18.3. The second-order valence-electron chi connectivity index (χ2n) is 18.3. The minimum Gasteiger partial charge on any atom is -0.388 e. The summed E-state index contributed by atoms with van der Waals surface area (Å²) < 4.78 is 36.4. The summed E-state index contributed by atoms with van der Waals surface area (Å²) in [6.07, 6.45) is -4.98. The summed E-state index contributed by atoms with van der Waals surface area (Å²) in [4.78, 5) is 14.2. The van der Waals surface area contributed by atoms with Crippen LogP contribution >= 0.6 is 0 Å². The van der Waals surface area contributed by atoms with Gasteiger partial charge in [0.1, 0.15) is 48.5 Å². The fourth-order valence-corrected chi connectivity index (χ4v) is 12.6. The molecule has 8 rings (SSSR count). The summed E-state index contributed by atoms with van der Waals surface area (Å²) in [5.74, 6) is 2.18. The van der Waals surface area contributed by atoms with Crippen molar-refractivity contribution < 1.29 is 63.9 Å². The summed E-state index contributed by atoms with van der Waals surface area (Å²) in [5.41, 5.74) is -0.0420. The lowest BCUT2D eigenvalue weighted by Crippen LogP contribution is -2.61. The lowest BCUT2D eigenvalue weighted by atomic mass is 9.44. The van der Waals surface area contributed by atoms with Gasteiger partial charge < -0.3 is 59.1 Å². The monoisotopic (exact) mass is 724 g/mol. The van der Waals surface area contributed by atoms with Crippen LogP contribution in [0, 0.1) is 52.3 Å². The Labute approximate surface area is 300 Å². The molecule has 0 amide bonds. The molecule has 21 atom stereocenters. The highest BCUT2D eigenvalue weighted by atomic mass is 16.7. The molecular weight excluding hydrogens is 664 g/mol. The Morgan fingerprint density at radius 3 is 2.29 bits per heavy atom. The number of fused-ring (bicyclic) bond motifs is 7. The Balaban J connectivity index is 0.910. The lowest BCUT2D eigenvalue weighted by molar-refractivity contribution is -0.330. The molecule has 0 radical (unpaired) electrons. The van der Waals surface area contributed by atoms with E-state index in [2.05, 4.69) is 27.7 Å². The van der Waals surface area contributed by atoms with Gasteiger partial charge in [-0.25, -0.2) is 0 Å². The van der Waals surface area contributed by atoms with E-state index >= 15 is 0 Å². The van der Waals surface area contributed by atoms with Crippen molar-refractivity contribution in [1.29, 1.82) is 0 Å². The Kier molecular flexibility index (Phi) is 9.79. The van der Waals surface area contributed by atoms with Crippen LogP contribution in [0.2, 0.25) is 0 Å². The summed E-state index contributed by atoms with van der Waals surface area (Å²) in [5, 5.41) is 62.1. The molecule has 13 heteroatoms. The molecule has 51 heavy (non-hydrogen) atoms. The largest absolute Gasteiger partial charge is 0.388 e. The first-order valence-corrected chi connectivity index (χ1v) is 19.6. The third kappa shape index (κ3) is 5.91. The van der Waals surface area contributed by atoms with Crippen molar-refractivity contribution in [3.05, 3.63) is 0 Å². The Hall–Kier alpha value is -0.810. The van der Waals surface area contributed by atoms with E-state index in [1.807, 2.05) is 0 Å². The molecule has 6 N–H and O–H groups in total. The van der Waals surface area contributed by atoms with E-state index in [1.54, 1.807) is 0 Å². The maximum atomic E-state index is 14.2. The molecule has 0 aromatic carbocycles. The molecule has 8 aliphatic rings. The van der Waals surface area contributed by atoms with Crippen molar-refractivity contribution in [2.75, 3.05) is 19.8 Å². The fraction of sp³-hybridized carbons (Fsp3) is 0.974. The minimum atomic E-state index is -1.59. The molecule has 4 saturated heterocycles. The molecule has 4 heterocycles. The highest BCUT2D eigenvalue weighted by Gasteiger charge is 2.70. The Bertz CT molecular complexity index is 1290. The van der Waals surface area contributed by atoms with Gasteiger partial charge in [0.05, 0.1) is 32.0 Å². The highest BCUT2D eigenvalue weighted by Crippen LogP contribution is 2.71. The minimum absolute atomic E-state index is 0.118. The van der Waals surface area contributed by atoms with E-state index in [4.69, 9.17) is 28.4 Å². The molecule has 0 unspecified atom stereocenters. The van der Waals surface area contributed by atoms with Crippen molar-refractivity contribution in [1.82, 2.24) is 0 Å². The van der Waals surface area contributed by atoms with Crippen LogP contribution in [-0.2, 0) is 33.2 Å². The summed E-state index contributed by atoms with van der Waals surface area (Å²) in [7, 11) is 0. The van der Waals surface area contributed by atoms with Crippen LogP contribution in [0.4, 0.5) is 0 Å². The zero-order chi connectivity index (χ0) is 36.2. The maximum absolute atomic E-state index is 14.2. The smallest absolute Gasteiger partial charge is 0.186 e. The van der Waals surface area contributed by atoms with Crippen molar-refractivity contribution >= 4 is 5.78 Å². The number of rotatable bonds is 5. The van der Waals surface area contributed by atoms with Gasteiger partial charge in [0.25, 0.3) is 0 Å². The number of aliphatic hydroxyl groups is 6. The van der Waals surface area contributed by atoms with Crippen LogP contribution in [0.1, 0.15) is 85.5 Å². The lowest BCUT2D eigenvalue weighted by Gasteiger charge is -2.60. The predicted octanol–water partition coefficient (Wildman–Crippen LogP) is 1.26. The molecule has 1 spiro atoms. The van der Waals surface area contributed by atoms with Crippen LogP contribution in [0.25, 0.3) is 0 Å². The van der Waals surface area contributed by atoms with Crippen molar-refractivity contribution in [2.45, 2.75) is 159 Å². The average molecular weight is 725 g/mol. The zero-order valence-corrected chi connectivity index (χ0v) is 30.4. The van der Waals surface area contributed by atoms with Gasteiger partial charge in [-0.1, -0.05) is 27.7 Å². The number of hydrogen-bond acceptors (Lipinski definition) is 13. The van der Waals surface area contributed by atoms with Gasteiger partial charge in [0, 0.05) is 24.7 Å². The van der Waals surface area contributed by atoms with E-state index < -0.39 is 67.2 Å². The molecule has 4 saturated carbocycles. The van der Waals surface area contributed by atoms with Crippen LogP contribution in [0.3, 0.4) is 0 Å². The van der Waals surface area contributed by atoms with Crippen molar-refractivity contribution in [2.24, 2.45) is 52.3 Å². The zero-order valence-electron chi connectivity index (χ0n) is 30.4. The van der Waals surface area contributed by atoms with Crippen LogP contribution in [0.15, 0.2) is 0 Å². The van der Waals surface area contributed by atoms with Gasteiger partial charge in [0.15, 0.2) is 18.4 Å². The van der Waals surface area contributed by atoms with Crippen LogP contribution in [-0.4, -0.2) is 130 Å². The topological polar surface area (TPSA) is 194 Å². The van der Waals surface area contributed by atoms with E-state index in [0.717, 1.165) is 45.1 Å². The fourth-order valence-electron chi connectivity index (χ4n) is 12.6. The number of ether oxygens (including phenoxy) is 6. The van der Waals surface area contributed by atoms with Gasteiger partial charge in [-0.3, -0.25) is 4.79 Å². The van der Waals surface area contributed by atoms with Crippen LogP contribution < -0.4 is 0 Å². The van der Waals surface area contributed by atoms with Gasteiger partial charge in [-0.15, -0.1) is 0 Å². The highest BCUT2D eigenvalue weighted by molar-refractivity contribution is 5.83. The molecule has 4 aliphatic heterocycles. The molecule has 0 bridgehead atoms. The number of ketones is 1. The van der Waals surface area contributed by atoms with Gasteiger partial charge >= 0.3 is 0 Å².